The topological polar surface area (TPSA) is 120 Å². The van der Waals surface area contributed by atoms with E-state index in [9.17, 15) is 24.8 Å². The maximum absolute atomic E-state index is 12.5. The minimum atomic E-state index is -1.77. The van der Waals surface area contributed by atoms with Crippen LogP contribution < -0.4 is 0 Å². The van der Waals surface area contributed by atoms with Gasteiger partial charge in [-0.15, -0.1) is 0 Å². The molecule has 0 aliphatic heterocycles. The number of Topliss-reactive ketones (excluding diaryl/α,β-unsaturated/α-hetero) is 1. The maximum Gasteiger partial charge on any atom is 0.320 e. The van der Waals surface area contributed by atoms with Crippen molar-refractivity contribution < 1.29 is 28.8 Å². The smallest absolute Gasteiger partial charge is 0.320 e. The Balaban J connectivity index is 2.25. The third-order valence-corrected chi connectivity index (χ3v) is 4.89. The highest BCUT2D eigenvalue weighted by molar-refractivity contribution is 6.06. The largest absolute Gasteiger partial charge is 0.469 e. The van der Waals surface area contributed by atoms with Crippen LogP contribution in [-0.2, 0) is 14.3 Å². The second kappa shape index (κ2) is 4.64. The quantitative estimate of drug-likeness (QED) is 0.377. The van der Waals surface area contributed by atoms with Gasteiger partial charge in [0, 0.05) is 17.8 Å². The molecule has 2 fully saturated rings. The summed E-state index contributed by atoms with van der Waals surface area (Å²) in [6, 6.07) is 1.50. The SMILES string of the molecule is COC(=O)[C@@]12C[C@@](O)(CCC1=O)[C@H]([N+](=O)[O-])[C@H]2c1ccco1. The van der Waals surface area contributed by atoms with Crippen molar-refractivity contribution in [2.24, 2.45) is 5.41 Å². The number of nitro groups is 1. The summed E-state index contributed by atoms with van der Waals surface area (Å²) < 4.78 is 9.99. The Morgan fingerprint density at radius 3 is 2.86 bits per heavy atom. The van der Waals surface area contributed by atoms with E-state index in [2.05, 4.69) is 0 Å². The number of rotatable bonds is 3. The van der Waals surface area contributed by atoms with E-state index in [0.29, 0.717) is 0 Å². The first-order valence-electron chi connectivity index (χ1n) is 6.88. The lowest BCUT2D eigenvalue weighted by Gasteiger charge is -2.33. The molecule has 3 rings (SSSR count). The van der Waals surface area contributed by atoms with Crippen molar-refractivity contribution >= 4 is 11.8 Å². The predicted molar refractivity (Wildman–Crippen MR) is 70.5 cm³/mol. The number of esters is 1. The fourth-order valence-electron chi connectivity index (χ4n) is 4.02. The molecule has 2 bridgehead atoms. The van der Waals surface area contributed by atoms with Crippen LogP contribution >= 0.6 is 0 Å². The number of carbonyl (C=O) groups is 2. The van der Waals surface area contributed by atoms with E-state index in [1.54, 1.807) is 0 Å². The molecule has 0 radical (unpaired) electrons. The van der Waals surface area contributed by atoms with Crippen LogP contribution in [0.25, 0.3) is 0 Å². The molecule has 0 amide bonds. The number of hydrogen-bond donors (Lipinski definition) is 1. The van der Waals surface area contributed by atoms with Crippen molar-refractivity contribution in [3.8, 4) is 0 Å². The standard InChI is InChI=1S/C14H15NO7/c1-21-12(17)14-7-13(18,5-4-9(14)16)11(15(19)20)10(14)8-3-2-6-22-8/h2-3,6,10-11,18H,4-5,7H2,1H3/t10-,11-,13+,14+/m1/s1. The highest BCUT2D eigenvalue weighted by Gasteiger charge is 2.76. The summed E-state index contributed by atoms with van der Waals surface area (Å²) in [6.45, 7) is 0. The third kappa shape index (κ3) is 1.67. The van der Waals surface area contributed by atoms with Crippen LogP contribution in [0, 0.1) is 15.5 Å². The lowest BCUT2D eigenvalue weighted by Crippen LogP contribution is -2.47. The molecular formula is C14H15NO7. The zero-order valence-electron chi connectivity index (χ0n) is 11.9. The van der Waals surface area contributed by atoms with Gasteiger partial charge in [-0.3, -0.25) is 19.7 Å². The summed E-state index contributed by atoms with van der Waals surface area (Å²) in [4.78, 5) is 35.8. The van der Waals surface area contributed by atoms with Crippen molar-refractivity contribution in [2.45, 2.75) is 36.8 Å². The van der Waals surface area contributed by atoms with Gasteiger partial charge in [-0.25, -0.2) is 0 Å². The van der Waals surface area contributed by atoms with Gasteiger partial charge >= 0.3 is 5.97 Å². The first-order chi connectivity index (χ1) is 10.4. The zero-order chi connectivity index (χ0) is 16.1. The first kappa shape index (κ1) is 14.7. The van der Waals surface area contributed by atoms with Crippen molar-refractivity contribution in [2.75, 3.05) is 7.11 Å². The van der Waals surface area contributed by atoms with Gasteiger partial charge in [0.1, 0.15) is 22.7 Å². The molecule has 2 aliphatic rings. The summed E-state index contributed by atoms with van der Waals surface area (Å²) in [5.41, 5.74) is -3.50. The molecule has 0 unspecified atom stereocenters. The number of furan rings is 1. The van der Waals surface area contributed by atoms with Crippen LogP contribution in [0.3, 0.4) is 0 Å². The lowest BCUT2D eigenvalue weighted by molar-refractivity contribution is -0.545. The number of ether oxygens (including phenoxy) is 1. The van der Waals surface area contributed by atoms with Crippen LogP contribution in [0.2, 0.25) is 0 Å². The van der Waals surface area contributed by atoms with E-state index < -0.39 is 39.7 Å². The number of hydrogen-bond acceptors (Lipinski definition) is 7. The second-order valence-corrected chi connectivity index (χ2v) is 5.89. The van der Waals surface area contributed by atoms with E-state index in [1.807, 2.05) is 0 Å². The molecule has 1 heterocycles. The summed E-state index contributed by atoms with van der Waals surface area (Å²) in [5.74, 6) is -2.35. The summed E-state index contributed by atoms with van der Waals surface area (Å²) in [5, 5.41) is 22.3. The maximum atomic E-state index is 12.5. The first-order valence-corrected chi connectivity index (χ1v) is 6.88. The fraction of sp³-hybridized carbons (Fsp3) is 0.571. The Morgan fingerprint density at radius 1 is 1.59 bits per heavy atom. The van der Waals surface area contributed by atoms with Crippen molar-refractivity contribution in [1.82, 2.24) is 0 Å². The number of methoxy groups -OCH3 is 1. The van der Waals surface area contributed by atoms with Crippen LogP contribution in [-0.4, -0.2) is 40.5 Å². The van der Waals surface area contributed by atoms with Gasteiger partial charge in [-0.05, 0) is 18.6 Å². The summed E-state index contributed by atoms with van der Waals surface area (Å²) >= 11 is 0. The van der Waals surface area contributed by atoms with Gasteiger partial charge in [-0.2, -0.15) is 0 Å². The Morgan fingerprint density at radius 2 is 2.32 bits per heavy atom. The van der Waals surface area contributed by atoms with Gasteiger partial charge in [0.15, 0.2) is 5.78 Å². The normalized spacial score (nSPS) is 37.1. The van der Waals surface area contributed by atoms with E-state index in [1.165, 1.54) is 18.4 Å². The molecule has 1 aromatic rings. The minimum Gasteiger partial charge on any atom is -0.469 e. The van der Waals surface area contributed by atoms with Gasteiger partial charge in [0.05, 0.1) is 13.4 Å². The molecule has 118 valence electrons. The molecule has 4 atom stereocenters. The van der Waals surface area contributed by atoms with Crippen LogP contribution in [0.15, 0.2) is 22.8 Å². The molecule has 2 aliphatic carbocycles. The Labute approximate surface area is 125 Å². The number of aliphatic hydroxyl groups is 1. The van der Waals surface area contributed by atoms with Crippen LogP contribution in [0.5, 0.6) is 0 Å². The van der Waals surface area contributed by atoms with Crippen molar-refractivity contribution in [1.29, 1.82) is 0 Å². The predicted octanol–water partition coefficient (Wildman–Crippen LogP) is 0.666. The second-order valence-electron chi connectivity index (χ2n) is 5.89. The molecule has 0 saturated heterocycles. The average molecular weight is 309 g/mol. The summed E-state index contributed by atoms with van der Waals surface area (Å²) in [6.07, 6.45) is 0.844. The molecule has 2 saturated carbocycles. The highest BCUT2D eigenvalue weighted by atomic mass is 16.6. The Hall–Kier alpha value is -2.22. The van der Waals surface area contributed by atoms with E-state index in [0.717, 1.165) is 7.11 Å². The number of fused-ring (bicyclic) bond motifs is 2. The monoisotopic (exact) mass is 309 g/mol. The lowest BCUT2D eigenvalue weighted by atomic mass is 9.69. The molecule has 8 heteroatoms. The molecule has 0 aromatic carbocycles. The van der Waals surface area contributed by atoms with E-state index >= 15 is 0 Å². The number of nitrogens with zero attached hydrogens (tertiary/aromatic N) is 1. The molecule has 22 heavy (non-hydrogen) atoms. The van der Waals surface area contributed by atoms with Crippen LogP contribution in [0.4, 0.5) is 0 Å². The Kier molecular flexibility index (Phi) is 3.10. The third-order valence-electron chi connectivity index (χ3n) is 4.89. The molecule has 1 aromatic heterocycles. The zero-order valence-corrected chi connectivity index (χ0v) is 11.9. The van der Waals surface area contributed by atoms with Gasteiger partial charge in [0.25, 0.3) is 6.04 Å². The van der Waals surface area contributed by atoms with Crippen molar-refractivity contribution in [3.05, 3.63) is 34.3 Å². The molecule has 0 spiro atoms. The number of ketones is 1. The minimum absolute atomic E-state index is 0.0482. The average Bonchev–Trinajstić information content (AvgIpc) is 3.06. The highest BCUT2D eigenvalue weighted by Crippen LogP contribution is 2.60. The summed E-state index contributed by atoms with van der Waals surface area (Å²) in [7, 11) is 1.12. The van der Waals surface area contributed by atoms with E-state index in [4.69, 9.17) is 9.15 Å². The molecular weight excluding hydrogens is 294 g/mol. The van der Waals surface area contributed by atoms with Gasteiger partial charge in [0.2, 0.25) is 0 Å². The Bertz CT molecular complexity index is 630. The van der Waals surface area contributed by atoms with Crippen molar-refractivity contribution in [3.63, 3.8) is 0 Å². The van der Waals surface area contributed by atoms with E-state index in [-0.39, 0.29) is 25.0 Å². The fourth-order valence-corrected chi connectivity index (χ4v) is 4.02. The van der Waals surface area contributed by atoms with Gasteiger partial charge < -0.3 is 14.3 Å². The number of carbonyl (C=O) groups excluding carboxylic acids is 2. The molecule has 8 nitrogen and oxygen atoms in total. The molecule has 1 N–H and O–H groups in total. The van der Waals surface area contributed by atoms with Gasteiger partial charge in [-0.1, -0.05) is 0 Å². The van der Waals surface area contributed by atoms with Crippen LogP contribution in [0.1, 0.15) is 30.9 Å².